The van der Waals surface area contributed by atoms with Gasteiger partial charge in [-0.25, -0.2) is 8.78 Å². The fourth-order valence-electron chi connectivity index (χ4n) is 1.64. The molecule has 0 fully saturated rings. The van der Waals surface area contributed by atoms with Gasteiger partial charge in [-0.15, -0.1) is 0 Å². The molecular formula is C14H12BrF2NO. The van der Waals surface area contributed by atoms with Crippen molar-refractivity contribution in [2.45, 2.75) is 13.0 Å². The lowest BCUT2D eigenvalue weighted by molar-refractivity contribution is 0.464. The summed E-state index contributed by atoms with van der Waals surface area (Å²) in [7, 11) is 0. The molecule has 19 heavy (non-hydrogen) atoms. The van der Waals surface area contributed by atoms with Gasteiger partial charge in [0, 0.05) is 17.7 Å². The third kappa shape index (κ3) is 3.30. The van der Waals surface area contributed by atoms with Gasteiger partial charge in [-0.3, -0.25) is 0 Å². The summed E-state index contributed by atoms with van der Waals surface area (Å²) in [6, 6.07) is 8.09. The molecule has 0 radical (unpaired) electrons. The number of rotatable bonds is 3. The lowest BCUT2D eigenvalue weighted by atomic mass is 10.1. The fraction of sp³-hybridized carbons (Fsp3) is 0.143. The lowest BCUT2D eigenvalue weighted by Gasteiger charge is -2.14. The summed E-state index contributed by atoms with van der Waals surface area (Å²) in [6.07, 6.45) is 0. The van der Waals surface area contributed by atoms with Crippen LogP contribution in [0.4, 0.5) is 8.78 Å². The van der Waals surface area contributed by atoms with Gasteiger partial charge in [0.15, 0.2) is 0 Å². The predicted molar refractivity (Wildman–Crippen MR) is 73.2 cm³/mol. The van der Waals surface area contributed by atoms with Crippen LogP contribution in [0.3, 0.4) is 0 Å². The average Bonchev–Trinajstić information content (AvgIpc) is 2.36. The van der Waals surface area contributed by atoms with E-state index in [1.54, 1.807) is 19.1 Å². The highest BCUT2D eigenvalue weighted by Crippen LogP contribution is 2.31. The van der Waals surface area contributed by atoms with Gasteiger partial charge in [0.1, 0.15) is 23.1 Å². The molecule has 0 amide bonds. The van der Waals surface area contributed by atoms with Crippen molar-refractivity contribution in [3.63, 3.8) is 0 Å². The number of benzene rings is 2. The smallest absolute Gasteiger partial charge is 0.141 e. The third-order valence-electron chi connectivity index (χ3n) is 2.58. The van der Waals surface area contributed by atoms with Crippen LogP contribution in [0.1, 0.15) is 18.5 Å². The van der Waals surface area contributed by atoms with E-state index < -0.39 is 5.82 Å². The highest BCUT2D eigenvalue weighted by molar-refractivity contribution is 9.10. The Morgan fingerprint density at radius 2 is 1.89 bits per heavy atom. The van der Waals surface area contributed by atoms with E-state index in [0.29, 0.717) is 21.5 Å². The SMILES string of the molecule is C[C@H](N)c1cc(F)ccc1Oc1ccc(Br)c(F)c1. The molecule has 1 atom stereocenters. The van der Waals surface area contributed by atoms with Crippen LogP contribution in [-0.4, -0.2) is 0 Å². The van der Waals surface area contributed by atoms with Crippen LogP contribution in [0.15, 0.2) is 40.9 Å². The molecule has 0 unspecified atom stereocenters. The minimum absolute atomic E-state index is 0.328. The number of nitrogens with two attached hydrogens (primary N) is 1. The Bertz CT molecular complexity index is 602. The molecule has 0 aliphatic carbocycles. The maximum Gasteiger partial charge on any atom is 0.141 e. The largest absolute Gasteiger partial charge is 0.457 e. The van der Waals surface area contributed by atoms with Gasteiger partial charge in [0.25, 0.3) is 0 Å². The fourth-order valence-corrected chi connectivity index (χ4v) is 1.88. The zero-order valence-corrected chi connectivity index (χ0v) is 11.7. The van der Waals surface area contributed by atoms with Crippen LogP contribution in [0.25, 0.3) is 0 Å². The van der Waals surface area contributed by atoms with Crippen LogP contribution in [0.2, 0.25) is 0 Å². The van der Waals surface area contributed by atoms with Gasteiger partial charge in [-0.2, -0.15) is 0 Å². The summed E-state index contributed by atoms with van der Waals surface area (Å²) in [5.74, 6) is -0.0732. The Balaban J connectivity index is 2.35. The highest BCUT2D eigenvalue weighted by atomic mass is 79.9. The van der Waals surface area contributed by atoms with Gasteiger partial charge in [0.05, 0.1) is 4.47 Å². The first-order valence-corrected chi connectivity index (χ1v) is 6.44. The average molecular weight is 328 g/mol. The molecule has 2 rings (SSSR count). The molecule has 0 heterocycles. The maximum atomic E-state index is 13.4. The molecule has 0 saturated carbocycles. The van der Waals surface area contributed by atoms with Gasteiger partial charge < -0.3 is 10.5 Å². The van der Waals surface area contributed by atoms with Crippen molar-refractivity contribution < 1.29 is 13.5 Å². The first kappa shape index (κ1) is 14.0. The summed E-state index contributed by atoms with van der Waals surface area (Å²) < 4.78 is 32.5. The van der Waals surface area contributed by atoms with Crippen LogP contribution in [-0.2, 0) is 0 Å². The number of ether oxygens (including phenoxy) is 1. The maximum absolute atomic E-state index is 13.4. The van der Waals surface area contributed by atoms with Crippen molar-refractivity contribution >= 4 is 15.9 Å². The van der Waals surface area contributed by atoms with E-state index in [2.05, 4.69) is 15.9 Å². The molecule has 2 N–H and O–H groups in total. The molecule has 100 valence electrons. The van der Waals surface area contributed by atoms with Crippen LogP contribution in [0.5, 0.6) is 11.5 Å². The van der Waals surface area contributed by atoms with E-state index in [-0.39, 0.29) is 11.9 Å². The summed E-state index contributed by atoms with van der Waals surface area (Å²) in [5, 5.41) is 0. The molecule has 0 aromatic heterocycles. The quantitative estimate of drug-likeness (QED) is 0.898. The van der Waals surface area contributed by atoms with Crippen LogP contribution < -0.4 is 10.5 Å². The summed E-state index contributed by atoms with van der Waals surface area (Å²) in [6.45, 7) is 1.73. The van der Waals surface area contributed by atoms with Gasteiger partial charge in [0.2, 0.25) is 0 Å². The summed E-state index contributed by atoms with van der Waals surface area (Å²) in [4.78, 5) is 0. The monoisotopic (exact) mass is 327 g/mol. The Hall–Kier alpha value is -1.46. The van der Waals surface area contributed by atoms with E-state index in [9.17, 15) is 8.78 Å². The molecule has 2 aromatic carbocycles. The van der Waals surface area contributed by atoms with Crippen molar-refractivity contribution in [1.82, 2.24) is 0 Å². The number of halogens is 3. The molecular weight excluding hydrogens is 316 g/mol. The number of hydrogen-bond acceptors (Lipinski definition) is 2. The second-order valence-corrected chi connectivity index (χ2v) is 5.00. The molecule has 5 heteroatoms. The topological polar surface area (TPSA) is 35.2 Å². The van der Waals surface area contributed by atoms with Crippen LogP contribution in [0, 0.1) is 11.6 Å². The molecule has 0 saturated heterocycles. The molecule has 2 aromatic rings. The Labute approximate surface area is 118 Å². The standard InChI is InChI=1S/C14H12BrF2NO/c1-8(18)11-6-9(16)2-5-14(11)19-10-3-4-12(15)13(17)7-10/h2-8H,18H2,1H3/t8-/m0/s1. The van der Waals surface area contributed by atoms with Crippen molar-refractivity contribution in [2.24, 2.45) is 5.73 Å². The molecule has 0 bridgehead atoms. The van der Waals surface area contributed by atoms with E-state index in [0.717, 1.165) is 0 Å². The van der Waals surface area contributed by atoms with Crippen molar-refractivity contribution in [3.05, 3.63) is 58.1 Å². The van der Waals surface area contributed by atoms with E-state index >= 15 is 0 Å². The lowest BCUT2D eigenvalue weighted by Crippen LogP contribution is -2.07. The van der Waals surface area contributed by atoms with E-state index in [1.165, 1.54) is 24.3 Å². The molecule has 0 spiro atoms. The van der Waals surface area contributed by atoms with Crippen LogP contribution >= 0.6 is 15.9 Å². The zero-order chi connectivity index (χ0) is 14.0. The second-order valence-electron chi connectivity index (χ2n) is 4.15. The van der Waals surface area contributed by atoms with Gasteiger partial charge in [-0.05, 0) is 53.2 Å². The van der Waals surface area contributed by atoms with E-state index in [4.69, 9.17) is 10.5 Å². The highest BCUT2D eigenvalue weighted by Gasteiger charge is 2.11. The summed E-state index contributed by atoms with van der Waals surface area (Å²) in [5.41, 5.74) is 6.29. The molecule has 0 aliphatic heterocycles. The normalized spacial score (nSPS) is 12.3. The predicted octanol–water partition coefficient (Wildman–Crippen LogP) is 4.54. The first-order chi connectivity index (χ1) is 8.97. The zero-order valence-electron chi connectivity index (χ0n) is 10.2. The van der Waals surface area contributed by atoms with Gasteiger partial charge in [-0.1, -0.05) is 0 Å². The molecule has 2 nitrogen and oxygen atoms in total. The second kappa shape index (κ2) is 5.67. The minimum atomic E-state index is -0.429. The number of hydrogen-bond donors (Lipinski definition) is 1. The summed E-state index contributed by atoms with van der Waals surface area (Å²) >= 11 is 3.06. The van der Waals surface area contributed by atoms with Crippen molar-refractivity contribution in [3.8, 4) is 11.5 Å². The Morgan fingerprint density at radius 3 is 2.53 bits per heavy atom. The minimum Gasteiger partial charge on any atom is -0.457 e. The first-order valence-electron chi connectivity index (χ1n) is 5.65. The Morgan fingerprint density at radius 1 is 1.16 bits per heavy atom. The van der Waals surface area contributed by atoms with Crippen molar-refractivity contribution in [2.75, 3.05) is 0 Å². The van der Waals surface area contributed by atoms with Gasteiger partial charge >= 0.3 is 0 Å². The Kier molecular flexibility index (Phi) is 4.17. The van der Waals surface area contributed by atoms with Crippen molar-refractivity contribution in [1.29, 1.82) is 0 Å². The third-order valence-corrected chi connectivity index (χ3v) is 3.22. The van der Waals surface area contributed by atoms with E-state index in [1.807, 2.05) is 0 Å². The molecule has 0 aliphatic rings.